The Labute approximate surface area is 205 Å². The molecule has 1 aliphatic rings. The molecule has 2 rings (SSSR count). The number of unbranched alkanes of at least 4 members (excludes halogenated alkanes) is 6. The Kier molecular flexibility index (Phi) is 11.7. The van der Waals surface area contributed by atoms with Crippen LogP contribution in [0.5, 0.6) is 0 Å². The Bertz CT molecular complexity index is 843. The van der Waals surface area contributed by atoms with E-state index in [0.717, 1.165) is 13.1 Å². The lowest BCUT2D eigenvalue weighted by molar-refractivity contribution is -0.136. The van der Waals surface area contributed by atoms with Crippen molar-refractivity contribution in [1.29, 1.82) is 0 Å². The predicted octanol–water partition coefficient (Wildman–Crippen LogP) is 8.17. The van der Waals surface area contributed by atoms with Gasteiger partial charge in [0, 0.05) is 23.4 Å². The van der Waals surface area contributed by atoms with Gasteiger partial charge in [-0.25, -0.2) is 4.79 Å². The molecule has 0 spiro atoms. The quantitative estimate of drug-likeness (QED) is 0.119. The van der Waals surface area contributed by atoms with Crippen LogP contribution >= 0.6 is 11.3 Å². The first-order valence-corrected chi connectivity index (χ1v) is 13.4. The normalized spacial score (nSPS) is 15.7. The van der Waals surface area contributed by atoms with Crippen molar-refractivity contribution >= 4 is 34.1 Å². The Morgan fingerprint density at radius 2 is 1.61 bits per heavy atom. The van der Waals surface area contributed by atoms with Crippen LogP contribution in [0.25, 0.3) is 6.08 Å². The molecule has 1 aromatic rings. The zero-order chi connectivity index (χ0) is 24.1. The van der Waals surface area contributed by atoms with Gasteiger partial charge in [0.2, 0.25) is 0 Å². The number of thiophene rings is 1. The smallest absolute Gasteiger partial charge is 0.363 e. The molecule has 0 radical (unpaired) electrons. The van der Waals surface area contributed by atoms with Gasteiger partial charge < -0.3 is 9.74 Å². The third-order valence-corrected chi connectivity index (χ3v) is 6.75. The molecule has 0 saturated heterocycles. The third kappa shape index (κ3) is 9.32. The van der Waals surface area contributed by atoms with Crippen LogP contribution in [-0.2, 0) is 9.63 Å². The molecule has 182 valence electrons. The molecule has 0 aromatic carbocycles. The lowest BCUT2D eigenvalue weighted by atomic mass is 9.85. The number of allylic oxidation sites excluding steroid dienone is 4. The van der Waals surface area contributed by atoms with Gasteiger partial charge >= 0.3 is 5.97 Å². The largest absolute Gasteiger partial charge is 0.367 e. The molecule has 0 saturated carbocycles. The number of anilines is 1. The molecular formula is C28H42N2O2S. The van der Waals surface area contributed by atoms with Gasteiger partial charge in [-0.3, -0.25) is 0 Å². The predicted molar refractivity (Wildman–Crippen MR) is 144 cm³/mol. The molecule has 0 atom stereocenters. The highest BCUT2D eigenvalue weighted by molar-refractivity contribution is 7.16. The summed E-state index contributed by atoms with van der Waals surface area (Å²) in [5, 5.41) is 5.31. The second-order valence-corrected chi connectivity index (χ2v) is 10.8. The van der Waals surface area contributed by atoms with Crippen LogP contribution in [-0.4, -0.2) is 24.8 Å². The number of oxime groups is 1. The molecule has 1 aliphatic heterocycles. The van der Waals surface area contributed by atoms with Crippen LogP contribution in [0, 0.1) is 5.41 Å². The molecule has 4 nitrogen and oxygen atoms in total. The summed E-state index contributed by atoms with van der Waals surface area (Å²) in [5.74, 6) is -0.380. The number of hydrogen-bond donors (Lipinski definition) is 0. The van der Waals surface area contributed by atoms with Crippen molar-refractivity contribution < 1.29 is 9.63 Å². The first-order chi connectivity index (χ1) is 15.9. The summed E-state index contributed by atoms with van der Waals surface area (Å²) in [6, 6.07) is 4.46. The minimum absolute atomic E-state index is 0.228. The molecule has 33 heavy (non-hydrogen) atoms. The second kappa shape index (κ2) is 14.2. The van der Waals surface area contributed by atoms with Gasteiger partial charge in [-0.2, -0.15) is 0 Å². The maximum absolute atomic E-state index is 11.9. The summed E-state index contributed by atoms with van der Waals surface area (Å²) < 4.78 is 0. The van der Waals surface area contributed by atoms with E-state index in [0.29, 0.717) is 11.3 Å². The molecule has 0 aliphatic carbocycles. The topological polar surface area (TPSA) is 41.9 Å². The number of carbonyl (C=O) groups is 1. The molecule has 5 heteroatoms. The van der Waals surface area contributed by atoms with E-state index in [-0.39, 0.29) is 11.4 Å². The van der Waals surface area contributed by atoms with Crippen molar-refractivity contribution in [3.8, 4) is 0 Å². The van der Waals surface area contributed by atoms with Crippen LogP contribution in [0.4, 0.5) is 5.00 Å². The van der Waals surface area contributed by atoms with Gasteiger partial charge in [-0.15, -0.1) is 11.3 Å². The maximum atomic E-state index is 11.9. The van der Waals surface area contributed by atoms with Crippen LogP contribution in [0.15, 0.2) is 47.2 Å². The Morgan fingerprint density at radius 3 is 2.21 bits per heavy atom. The summed E-state index contributed by atoms with van der Waals surface area (Å²) in [4.78, 5) is 20.6. The monoisotopic (exact) mass is 470 g/mol. The van der Waals surface area contributed by atoms with Crippen molar-refractivity contribution in [3.05, 3.63) is 46.9 Å². The zero-order valence-electron chi connectivity index (χ0n) is 21.2. The molecule has 1 aromatic heterocycles. The van der Waals surface area contributed by atoms with Gasteiger partial charge in [0.15, 0.2) is 0 Å². The summed E-state index contributed by atoms with van der Waals surface area (Å²) in [7, 11) is 0. The van der Waals surface area contributed by atoms with Crippen molar-refractivity contribution in [2.45, 2.75) is 86.0 Å². The number of hydrogen-bond acceptors (Lipinski definition) is 5. The first kappa shape index (κ1) is 27.1. The van der Waals surface area contributed by atoms with Crippen molar-refractivity contribution in [2.75, 3.05) is 18.0 Å². The Hall–Kier alpha value is -2.14. The second-order valence-electron chi connectivity index (χ2n) is 9.68. The van der Waals surface area contributed by atoms with Crippen LogP contribution in [0.3, 0.4) is 0 Å². The summed E-state index contributed by atoms with van der Waals surface area (Å²) in [6.45, 7) is 12.9. The van der Waals surface area contributed by atoms with Crippen LogP contribution in [0.2, 0.25) is 0 Å². The molecule has 0 fully saturated rings. The van der Waals surface area contributed by atoms with Gasteiger partial charge in [-0.05, 0) is 37.1 Å². The lowest BCUT2D eigenvalue weighted by Gasteiger charge is -2.23. The highest BCUT2D eigenvalue weighted by atomic mass is 32.1. The molecule has 0 unspecified atom stereocenters. The highest BCUT2D eigenvalue weighted by Gasteiger charge is 2.33. The maximum Gasteiger partial charge on any atom is 0.367 e. The molecule has 0 amide bonds. The van der Waals surface area contributed by atoms with Crippen molar-refractivity contribution in [3.63, 3.8) is 0 Å². The highest BCUT2D eigenvalue weighted by Crippen LogP contribution is 2.29. The fourth-order valence-electron chi connectivity index (χ4n) is 3.73. The molecular weight excluding hydrogens is 428 g/mol. The zero-order valence-corrected chi connectivity index (χ0v) is 22.0. The van der Waals surface area contributed by atoms with Crippen molar-refractivity contribution in [2.24, 2.45) is 10.6 Å². The third-order valence-electron chi connectivity index (χ3n) is 5.64. The van der Waals surface area contributed by atoms with E-state index in [9.17, 15) is 4.79 Å². The molecule has 0 bridgehead atoms. The van der Waals surface area contributed by atoms with E-state index in [1.165, 1.54) is 61.2 Å². The minimum Gasteiger partial charge on any atom is -0.363 e. The van der Waals surface area contributed by atoms with Gasteiger partial charge in [0.1, 0.15) is 5.71 Å². The van der Waals surface area contributed by atoms with E-state index >= 15 is 0 Å². The Balaban J connectivity index is 1.97. The number of rotatable bonds is 14. The summed E-state index contributed by atoms with van der Waals surface area (Å²) in [6.07, 6.45) is 20.1. The fourth-order valence-corrected chi connectivity index (χ4v) is 4.70. The fraction of sp³-hybridized carbons (Fsp3) is 0.571. The average Bonchev–Trinajstić information content (AvgIpc) is 3.39. The Morgan fingerprint density at radius 1 is 0.939 bits per heavy atom. The summed E-state index contributed by atoms with van der Waals surface area (Å²) >= 11 is 1.85. The van der Waals surface area contributed by atoms with E-state index in [2.05, 4.69) is 42.1 Å². The molecule has 0 N–H and O–H groups in total. The van der Waals surface area contributed by atoms with Crippen LogP contribution < -0.4 is 4.90 Å². The minimum atomic E-state index is -0.380. The number of nitrogens with zero attached hydrogens (tertiary/aromatic N) is 2. The van der Waals surface area contributed by atoms with Gasteiger partial charge in [0.05, 0.1) is 10.6 Å². The van der Waals surface area contributed by atoms with E-state index in [1.807, 2.05) is 50.3 Å². The van der Waals surface area contributed by atoms with Gasteiger partial charge in [-0.1, -0.05) is 96.5 Å². The molecule has 2 heterocycles. The van der Waals surface area contributed by atoms with E-state index in [1.54, 1.807) is 6.08 Å². The van der Waals surface area contributed by atoms with E-state index in [4.69, 9.17) is 4.84 Å². The standard InChI is InChI=1S/C28H42N2O2S/c1-6-8-10-15-21-30(22-16-11-9-7-2)25-20-19-23(33-25)17-13-12-14-18-24-26(28(3,4)5)29-32-27(24)31/h12-14,17-20H,6-11,15-16,21-22H2,1-5H3/b14-12+,17-13+,24-18-. The average molecular weight is 471 g/mol. The van der Waals surface area contributed by atoms with Gasteiger partial charge in [0.25, 0.3) is 0 Å². The first-order valence-electron chi connectivity index (χ1n) is 12.6. The number of carbonyl (C=O) groups excluding carboxylic acids is 1. The van der Waals surface area contributed by atoms with Crippen molar-refractivity contribution in [1.82, 2.24) is 0 Å². The summed E-state index contributed by atoms with van der Waals surface area (Å²) in [5.41, 5.74) is 1.00. The SMILES string of the molecule is CCCCCCN(CCCCCC)c1ccc(/C=C/C=C/C=C2\C(=O)ON=C2C(C)(C)C)s1. The van der Waals surface area contributed by atoms with E-state index < -0.39 is 0 Å². The lowest BCUT2D eigenvalue weighted by Crippen LogP contribution is -2.24. The van der Waals surface area contributed by atoms with Crippen LogP contribution in [0.1, 0.15) is 90.9 Å².